The van der Waals surface area contributed by atoms with E-state index in [1.807, 2.05) is 11.8 Å². The van der Waals surface area contributed by atoms with Gasteiger partial charge in [-0.25, -0.2) is 4.79 Å². The Balaban J connectivity index is 1.58. The summed E-state index contributed by atoms with van der Waals surface area (Å²) in [6, 6.07) is -0.130. The first-order valence-electron chi connectivity index (χ1n) is 8.72. The molecule has 1 atom stereocenters. The van der Waals surface area contributed by atoms with Crippen LogP contribution in [0.25, 0.3) is 0 Å². The topological polar surface area (TPSA) is 80.5 Å². The second-order valence-electron chi connectivity index (χ2n) is 6.44. The molecule has 1 saturated carbocycles. The standard InChI is InChI=1S/C16H26N4O3/c1-2-8-17-16(21)20-9-4-3-5-13(20)15-18-14(23-19-15)11-22-10-12-6-7-12/h12-13H,2-11H2,1H3,(H,17,21). The summed E-state index contributed by atoms with van der Waals surface area (Å²) in [4.78, 5) is 18.6. The lowest BCUT2D eigenvalue weighted by atomic mass is 10.0. The Morgan fingerprint density at radius 1 is 1.39 bits per heavy atom. The molecular weight excluding hydrogens is 296 g/mol. The van der Waals surface area contributed by atoms with Gasteiger partial charge in [0.05, 0.1) is 12.6 Å². The molecule has 1 unspecified atom stereocenters. The number of hydrogen-bond acceptors (Lipinski definition) is 5. The fourth-order valence-corrected chi connectivity index (χ4v) is 2.84. The minimum absolute atomic E-state index is 0.0344. The molecule has 0 aromatic carbocycles. The van der Waals surface area contributed by atoms with Crippen LogP contribution in [0.4, 0.5) is 4.79 Å². The monoisotopic (exact) mass is 322 g/mol. The van der Waals surface area contributed by atoms with Gasteiger partial charge in [-0.05, 0) is 44.4 Å². The third-order valence-corrected chi connectivity index (χ3v) is 4.35. The number of urea groups is 1. The van der Waals surface area contributed by atoms with Crippen LogP contribution in [-0.4, -0.2) is 40.8 Å². The zero-order chi connectivity index (χ0) is 16.1. The Morgan fingerprint density at radius 3 is 3.04 bits per heavy atom. The normalized spacial score (nSPS) is 21.4. The lowest BCUT2D eigenvalue weighted by molar-refractivity contribution is 0.0893. The molecule has 3 rings (SSSR count). The van der Waals surface area contributed by atoms with Crippen LogP contribution in [0.1, 0.15) is 63.2 Å². The van der Waals surface area contributed by atoms with E-state index >= 15 is 0 Å². The minimum atomic E-state index is -0.0958. The van der Waals surface area contributed by atoms with E-state index in [4.69, 9.17) is 9.26 Å². The van der Waals surface area contributed by atoms with E-state index < -0.39 is 0 Å². The van der Waals surface area contributed by atoms with Crippen molar-refractivity contribution in [1.29, 1.82) is 0 Å². The van der Waals surface area contributed by atoms with Gasteiger partial charge in [0, 0.05) is 13.1 Å². The summed E-state index contributed by atoms with van der Waals surface area (Å²) < 4.78 is 10.9. The number of piperidine rings is 1. The van der Waals surface area contributed by atoms with Gasteiger partial charge in [0.1, 0.15) is 6.61 Å². The molecule has 2 fully saturated rings. The molecule has 0 radical (unpaired) electrons. The van der Waals surface area contributed by atoms with Gasteiger partial charge in [-0.2, -0.15) is 4.98 Å². The van der Waals surface area contributed by atoms with Gasteiger partial charge in [-0.1, -0.05) is 12.1 Å². The van der Waals surface area contributed by atoms with Crippen LogP contribution in [-0.2, 0) is 11.3 Å². The van der Waals surface area contributed by atoms with Crippen LogP contribution in [0.2, 0.25) is 0 Å². The number of rotatable bonds is 7. The number of nitrogens with one attached hydrogen (secondary N) is 1. The SMILES string of the molecule is CCCNC(=O)N1CCCCC1c1noc(COCC2CC2)n1. The van der Waals surface area contributed by atoms with Gasteiger partial charge in [-0.15, -0.1) is 0 Å². The van der Waals surface area contributed by atoms with Crippen molar-refractivity contribution < 1.29 is 14.1 Å². The highest BCUT2D eigenvalue weighted by Crippen LogP contribution is 2.30. The quantitative estimate of drug-likeness (QED) is 0.834. The van der Waals surface area contributed by atoms with Crippen LogP contribution >= 0.6 is 0 Å². The maximum Gasteiger partial charge on any atom is 0.318 e. The number of aromatic nitrogens is 2. The van der Waals surface area contributed by atoms with Gasteiger partial charge < -0.3 is 19.5 Å². The van der Waals surface area contributed by atoms with Crippen molar-refractivity contribution in [2.45, 2.75) is 58.1 Å². The molecule has 23 heavy (non-hydrogen) atoms. The summed E-state index contributed by atoms with van der Waals surface area (Å²) in [5.74, 6) is 1.81. The number of amides is 2. The lowest BCUT2D eigenvalue weighted by Gasteiger charge is -2.33. The number of hydrogen-bond donors (Lipinski definition) is 1. The number of ether oxygens (including phenoxy) is 1. The second-order valence-corrected chi connectivity index (χ2v) is 6.44. The summed E-state index contributed by atoms with van der Waals surface area (Å²) in [6.45, 7) is 4.60. The van der Waals surface area contributed by atoms with Crippen LogP contribution < -0.4 is 5.32 Å². The first-order valence-corrected chi connectivity index (χ1v) is 8.72. The Hall–Kier alpha value is -1.63. The van der Waals surface area contributed by atoms with E-state index in [2.05, 4.69) is 15.5 Å². The molecule has 2 aliphatic rings. The lowest BCUT2D eigenvalue weighted by Crippen LogP contribution is -2.45. The van der Waals surface area contributed by atoms with E-state index in [0.717, 1.165) is 38.8 Å². The summed E-state index contributed by atoms with van der Waals surface area (Å²) in [5, 5.41) is 7.02. The zero-order valence-electron chi connectivity index (χ0n) is 13.8. The number of carbonyl (C=O) groups excluding carboxylic acids is 1. The summed E-state index contributed by atoms with van der Waals surface area (Å²) >= 11 is 0. The fourth-order valence-electron chi connectivity index (χ4n) is 2.84. The van der Waals surface area contributed by atoms with E-state index in [0.29, 0.717) is 30.8 Å². The number of nitrogens with zero attached hydrogens (tertiary/aromatic N) is 3. The van der Waals surface area contributed by atoms with Gasteiger partial charge in [0.2, 0.25) is 0 Å². The molecule has 2 heterocycles. The van der Waals surface area contributed by atoms with E-state index in [-0.39, 0.29) is 12.1 Å². The third kappa shape index (κ3) is 4.43. The minimum Gasteiger partial charge on any atom is -0.371 e. The van der Waals surface area contributed by atoms with Gasteiger partial charge in [-0.3, -0.25) is 0 Å². The second kappa shape index (κ2) is 7.77. The largest absolute Gasteiger partial charge is 0.371 e. The van der Waals surface area contributed by atoms with E-state index in [9.17, 15) is 4.79 Å². The van der Waals surface area contributed by atoms with Crippen LogP contribution in [0, 0.1) is 5.92 Å². The van der Waals surface area contributed by atoms with E-state index in [1.54, 1.807) is 0 Å². The van der Waals surface area contributed by atoms with Crippen molar-refractivity contribution >= 4 is 6.03 Å². The van der Waals surface area contributed by atoms with Crippen molar-refractivity contribution in [1.82, 2.24) is 20.4 Å². The number of carbonyl (C=O) groups is 1. The van der Waals surface area contributed by atoms with Crippen molar-refractivity contribution in [2.75, 3.05) is 19.7 Å². The molecule has 7 heteroatoms. The van der Waals surface area contributed by atoms with Crippen LogP contribution in [0.5, 0.6) is 0 Å². The van der Waals surface area contributed by atoms with Crippen LogP contribution in [0.15, 0.2) is 4.52 Å². The predicted molar refractivity (Wildman–Crippen MR) is 83.7 cm³/mol. The molecule has 2 amide bonds. The highest BCUT2D eigenvalue weighted by Gasteiger charge is 2.31. The van der Waals surface area contributed by atoms with Gasteiger partial charge in [0.25, 0.3) is 5.89 Å². The molecule has 0 bridgehead atoms. The Bertz CT molecular complexity index is 515. The fraction of sp³-hybridized carbons (Fsp3) is 0.812. The van der Waals surface area contributed by atoms with E-state index in [1.165, 1.54) is 12.8 Å². The highest BCUT2D eigenvalue weighted by molar-refractivity contribution is 5.74. The zero-order valence-corrected chi connectivity index (χ0v) is 13.8. The van der Waals surface area contributed by atoms with Crippen molar-refractivity contribution in [2.24, 2.45) is 5.92 Å². The first kappa shape index (κ1) is 16.2. The molecule has 0 spiro atoms. The maximum atomic E-state index is 12.3. The molecule has 1 N–H and O–H groups in total. The average Bonchev–Trinajstić information content (AvgIpc) is 3.28. The smallest absolute Gasteiger partial charge is 0.318 e. The molecule has 1 aliphatic carbocycles. The van der Waals surface area contributed by atoms with Crippen molar-refractivity contribution in [3.8, 4) is 0 Å². The third-order valence-electron chi connectivity index (χ3n) is 4.35. The van der Waals surface area contributed by atoms with Crippen LogP contribution in [0.3, 0.4) is 0 Å². The highest BCUT2D eigenvalue weighted by atomic mass is 16.5. The predicted octanol–water partition coefficient (Wildman–Crippen LogP) is 2.64. The average molecular weight is 322 g/mol. The van der Waals surface area contributed by atoms with Crippen molar-refractivity contribution in [3.05, 3.63) is 11.7 Å². The Kier molecular flexibility index (Phi) is 5.48. The molecule has 1 aromatic heterocycles. The number of likely N-dealkylation sites (tertiary alicyclic amines) is 1. The van der Waals surface area contributed by atoms with Gasteiger partial charge >= 0.3 is 6.03 Å². The molecule has 128 valence electrons. The molecular formula is C16H26N4O3. The maximum absolute atomic E-state index is 12.3. The summed E-state index contributed by atoms with van der Waals surface area (Å²) in [6.07, 6.45) is 6.42. The summed E-state index contributed by atoms with van der Waals surface area (Å²) in [5.41, 5.74) is 0. The molecule has 7 nitrogen and oxygen atoms in total. The van der Waals surface area contributed by atoms with Crippen molar-refractivity contribution in [3.63, 3.8) is 0 Å². The molecule has 1 aliphatic heterocycles. The Morgan fingerprint density at radius 2 is 2.26 bits per heavy atom. The molecule has 1 saturated heterocycles. The Labute approximate surface area is 136 Å². The summed E-state index contributed by atoms with van der Waals surface area (Å²) in [7, 11) is 0. The first-order chi connectivity index (χ1) is 11.3. The van der Waals surface area contributed by atoms with Gasteiger partial charge in [0.15, 0.2) is 5.82 Å². The molecule has 1 aromatic rings.